The van der Waals surface area contributed by atoms with Crippen molar-refractivity contribution in [3.8, 4) is 5.88 Å². The van der Waals surface area contributed by atoms with Crippen LogP contribution >= 0.6 is 0 Å². The minimum atomic E-state index is -2.58. The van der Waals surface area contributed by atoms with E-state index in [2.05, 4.69) is 31.5 Å². The van der Waals surface area contributed by atoms with Crippen LogP contribution in [0, 0.1) is 5.92 Å². The molecule has 0 aromatic carbocycles. The average Bonchev–Trinajstić information content (AvgIpc) is 3.11. The van der Waals surface area contributed by atoms with Crippen LogP contribution < -0.4 is 10.1 Å². The summed E-state index contributed by atoms with van der Waals surface area (Å²) in [6, 6.07) is 4.14. The molecule has 0 radical (unpaired) electrons. The number of hydrogen-bond donors (Lipinski definition) is 1. The Labute approximate surface area is 210 Å². The van der Waals surface area contributed by atoms with Gasteiger partial charge in [-0.1, -0.05) is 6.07 Å². The van der Waals surface area contributed by atoms with Crippen molar-refractivity contribution in [2.45, 2.75) is 82.3 Å². The number of aromatic nitrogens is 4. The zero-order chi connectivity index (χ0) is 25.1. The Balaban J connectivity index is 1.01. The van der Waals surface area contributed by atoms with E-state index in [0.29, 0.717) is 17.5 Å². The molecular weight excluding hydrogens is 466 g/mol. The van der Waals surface area contributed by atoms with Crippen LogP contribution in [0.1, 0.15) is 61.9 Å². The molecule has 3 heterocycles. The molecule has 2 fully saturated rings. The van der Waals surface area contributed by atoms with Crippen molar-refractivity contribution in [3.05, 3.63) is 35.3 Å². The maximum absolute atomic E-state index is 13.1. The van der Waals surface area contributed by atoms with E-state index in [1.165, 1.54) is 16.8 Å². The number of aryl methyl sites for hydroxylation is 1. The fourth-order valence-electron chi connectivity index (χ4n) is 5.63. The normalized spacial score (nSPS) is 24.4. The van der Waals surface area contributed by atoms with Crippen LogP contribution in [0.4, 0.5) is 8.78 Å². The maximum atomic E-state index is 13.1. The largest absolute Gasteiger partial charge is 0.474 e. The molecular formula is C26H36F2N6O2. The summed E-state index contributed by atoms with van der Waals surface area (Å²) < 4.78 is 31.8. The Hall–Kier alpha value is -2.62. The molecule has 0 spiro atoms. The van der Waals surface area contributed by atoms with Crippen molar-refractivity contribution < 1.29 is 18.3 Å². The SMILES string of the molecule is Cn1ncc(CC(=O)NC2CCC(CCN3CCc4ccc(OC5CC(F)(F)C5)nc4CC3)CC2)n1. The van der Waals surface area contributed by atoms with Crippen LogP contribution in [-0.4, -0.2) is 68.5 Å². The van der Waals surface area contributed by atoms with Gasteiger partial charge in [0.25, 0.3) is 5.92 Å². The number of carbonyl (C=O) groups is 1. The first-order chi connectivity index (χ1) is 17.3. The molecule has 2 aliphatic carbocycles. The molecule has 5 rings (SSSR count). The summed E-state index contributed by atoms with van der Waals surface area (Å²) in [7, 11) is 1.75. The predicted octanol–water partition coefficient (Wildman–Crippen LogP) is 3.10. The molecule has 1 N–H and O–H groups in total. The van der Waals surface area contributed by atoms with Gasteiger partial charge in [-0.3, -0.25) is 4.79 Å². The first-order valence-electron chi connectivity index (χ1n) is 13.2. The second-order valence-electron chi connectivity index (χ2n) is 10.7. The highest BCUT2D eigenvalue weighted by Crippen LogP contribution is 2.39. The van der Waals surface area contributed by atoms with E-state index in [-0.39, 0.29) is 31.2 Å². The van der Waals surface area contributed by atoms with Gasteiger partial charge in [0, 0.05) is 57.2 Å². The molecule has 1 aliphatic heterocycles. The number of rotatable bonds is 8. The van der Waals surface area contributed by atoms with Crippen molar-refractivity contribution in [1.82, 2.24) is 30.2 Å². The predicted molar refractivity (Wildman–Crippen MR) is 130 cm³/mol. The standard InChI is InChI=1S/C26H36F2N6O2/c1-33-29-17-21(32-33)14-24(35)30-20-5-2-18(3-6-20)8-11-34-12-9-19-4-7-25(31-23(19)10-13-34)36-22-15-26(27,28)16-22/h4,7,17-18,20,22H,2-3,5-6,8-16H2,1H3,(H,30,35). The van der Waals surface area contributed by atoms with E-state index in [0.717, 1.165) is 63.9 Å². The summed E-state index contributed by atoms with van der Waals surface area (Å²) in [5.74, 6) is -1.39. The fourth-order valence-corrected chi connectivity index (χ4v) is 5.63. The van der Waals surface area contributed by atoms with Gasteiger partial charge in [-0.25, -0.2) is 13.8 Å². The molecule has 0 bridgehead atoms. The zero-order valence-electron chi connectivity index (χ0n) is 21.0. The van der Waals surface area contributed by atoms with Gasteiger partial charge in [0.05, 0.1) is 18.3 Å². The molecule has 196 valence electrons. The number of nitrogens with one attached hydrogen (secondary N) is 1. The fraction of sp³-hybridized carbons (Fsp3) is 0.692. The summed E-state index contributed by atoms with van der Waals surface area (Å²) in [4.78, 5) is 20.9. The lowest BCUT2D eigenvalue weighted by Gasteiger charge is -2.34. The van der Waals surface area contributed by atoms with Crippen molar-refractivity contribution in [3.63, 3.8) is 0 Å². The number of halogens is 2. The van der Waals surface area contributed by atoms with Gasteiger partial charge in [0.1, 0.15) is 6.10 Å². The Bertz CT molecular complexity index is 1040. The van der Waals surface area contributed by atoms with Crippen LogP contribution in [0.5, 0.6) is 5.88 Å². The molecule has 10 heteroatoms. The Morgan fingerprint density at radius 2 is 1.94 bits per heavy atom. The quantitative estimate of drug-likeness (QED) is 0.597. The second-order valence-corrected chi connectivity index (χ2v) is 10.7. The number of nitrogens with zero attached hydrogens (tertiary/aromatic N) is 5. The number of fused-ring (bicyclic) bond motifs is 1. The molecule has 0 atom stereocenters. The van der Waals surface area contributed by atoms with Gasteiger partial charge < -0.3 is 15.0 Å². The van der Waals surface area contributed by atoms with Crippen LogP contribution in [0.15, 0.2) is 18.3 Å². The Kier molecular flexibility index (Phi) is 7.50. The van der Waals surface area contributed by atoms with Gasteiger partial charge in [-0.15, -0.1) is 0 Å². The van der Waals surface area contributed by atoms with E-state index in [4.69, 9.17) is 4.74 Å². The van der Waals surface area contributed by atoms with E-state index in [1.807, 2.05) is 6.07 Å². The van der Waals surface area contributed by atoms with E-state index in [9.17, 15) is 13.6 Å². The van der Waals surface area contributed by atoms with Crippen molar-refractivity contribution in [1.29, 1.82) is 0 Å². The highest BCUT2D eigenvalue weighted by Gasteiger charge is 2.47. The molecule has 1 amide bonds. The van der Waals surface area contributed by atoms with Crippen LogP contribution in [0.25, 0.3) is 0 Å². The van der Waals surface area contributed by atoms with E-state index >= 15 is 0 Å². The minimum Gasteiger partial charge on any atom is -0.474 e. The number of carbonyl (C=O) groups excluding carboxylic acids is 1. The third kappa shape index (κ3) is 6.57. The zero-order valence-corrected chi connectivity index (χ0v) is 21.0. The van der Waals surface area contributed by atoms with Gasteiger partial charge in [-0.2, -0.15) is 15.0 Å². The number of amides is 1. The van der Waals surface area contributed by atoms with Crippen LogP contribution in [-0.2, 0) is 31.1 Å². The van der Waals surface area contributed by atoms with Gasteiger partial charge in [-0.05, 0) is 56.6 Å². The van der Waals surface area contributed by atoms with E-state index in [1.54, 1.807) is 13.2 Å². The molecule has 2 aromatic heterocycles. The summed E-state index contributed by atoms with van der Waals surface area (Å²) >= 11 is 0. The minimum absolute atomic E-state index is 0.0240. The number of ether oxygens (including phenoxy) is 1. The average molecular weight is 503 g/mol. The number of hydrogen-bond acceptors (Lipinski definition) is 6. The lowest BCUT2D eigenvalue weighted by atomic mass is 9.84. The summed E-state index contributed by atoms with van der Waals surface area (Å²) in [5.41, 5.74) is 2.98. The lowest BCUT2D eigenvalue weighted by molar-refractivity contribution is -0.135. The maximum Gasteiger partial charge on any atom is 0.255 e. The van der Waals surface area contributed by atoms with Crippen LogP contribution in [0.2, 0.25) is 0 Å². The second kappa shape index (κ2) is 10.8. The first kappa shape index (κ1) is 25.0. The topological polar surface area (TPSA) is 85.2 Å². The molecule has 8 nitrogen and oxygen atoms in total. The van der Waals surface area contributed by atoms with Crippen molar-refractivity contribution in [2.24, 2.45) is 13.0 Å². The van der Waals surface area contributed by atoms with Gasteiger partial charge in [0.15, 0.2) is 0 Å². The highest BCUT2D eigenvalue weighted by molar-refractivity contribution is 5.78. The Morgan fingerprint density at radius 1 is 1.17 bits per heavy atom. The van der Waals surface area contributed by atoms with Gasteiger partial charge in [0.2, 0.25) is 11.8 Å². The van der Waals surface area contributed by atoms with Crippen molar-refractivity contribution >= 4 is 5.91 Å². The lowest BCUT2D eigenvalue weighted by Crippen LogP contribution is -2.43. The van der Waals surface area contributed by atoms with Crippen molar-refractivity contribution in [2.75, 3.05) is 19.6 Å². The van der Waals surface area contributed by atoms with Gasteiger partial charge >= 0.3 is 0 Å². The molecule has 2 saturated carbocycles. The first-order valence-corrected chi connectivity index (χ1v) is 13.2. The monoisotopic (exact) mass is 502 g/mol. The van der Waals surface area contributed by atoms with E-state index < -0.39 is 12.0 Å². The molecule has 0 unspecified atom stereocenters. The third-order valence-electron chi connectivity index (χ3n) is 7.80. The molecule has 36 heavy (non-hydrogen) atoms. The third-order valence-corrected chi connectivity index (χ3v) is 7.80. The number of pyridine rings is 1. The Morgan fingerprint density at radius 3 is 2.67 bits per heavy atom. The van der Waals surface area contributed by atoms with Crippen LogP contribution in [0.3, 0.4) is 0 Å². The molecule has 3 aliphatic rings. The number of alkyl halides is 2. The smallest absolute Gasteiger partial charge is 0.255 e. The summed E-state index contributed by atoms with van der Waals surface area (Å²) in [6.45, 7) is 3.04. The summed E-state index contributed by atoms with van der Waals surface area (Å²) in [6.07, 6.45) is 8.41. The molecule has 2 aromatic rings. The highest BCUT2D eigenvalue weighted by atomic mass is 19.3. The molecule has 0 saturated heterocycles. The summed E-state index contributed by atoms with van der Waals surface area (Å²) in [5, 5.41) is 11.4.